The Morgan fingerprint density at radius 3 is 2.25 bits per heavy atom. The van der Waals surface area contributed by atoms with Gasteiger partial charge in [-0.15, -0.1) is 0 Å². The van der Waals surface area contributed by atoms with Crippen LogP contribution in [-0.2, 0) is 16.9 Å². The first-order chi connectivity index (χ1) is 19.4. The van der Waals surface area contributed by atoms with E-state index in [-0.39, 0.29) is 11.1 Å². The molecule has 3 aromatic carbocycles. The zero-order chi connectivity index (χ0) is 28.3. The molecule has 0 aliphatic carbocycles. The Labute approximate surface area is 236 Å². The number of fused-ring (bicyclic) bond motifs is 1. The summed E-state index contributed by atoms with van der Waals surface area (Å²) in [6.45, 7) is 6.47. The van der Waals surface area contributed by atoms with E-state index < -0.39 is 11.5 Å². The second-order valence-electron chi connectivity index (χ2n) is 9.43. The molecule has 40 heavy (non-hydrogen) atoms. The van der Waals surface area contributed by atoms with Crippen molar-refractivity contribution in [2.75, 3.05) is 6.61 Å². The molecule has 0 bridgehead atoms. The van der Waals surface area contributed by atoms with Crippen LogP contribution in [0.2, 0.25) is 0 Å². The third kappa shape index (κ3) is 4.98. The lowest BCUT2D eigenvalue weighted by molar-refractivity contribution is -0.133. The Balaban J connectivity index is 1.56. The number of carboxylic acids is 1. The number of benzene rings is 3. The van der Waals surface area contributed by atoms with E-state index in [9.17, 15) is 14.7 Å². The highest BCUT2D eigenvalue weighted by atomic mass is 32.1. The number of thiazole rings is 1. The normalized spacial score (nSPS) is 16.8. The summed E-state index contributed by atoms with van der Waals surface area (Å²) in [5.74, 6) is 0.306. The molecule has 0 radical (unpaired) electrons. The van der Waals surface area contributed by atoms with E-state index in [1.54, 1.807) is 11.5 Å². The van der Waals surface area contributed by atoms with Gasteiger partial charge >= 0.3 is 5.97 Å². The van der Waals surface area contributed by atoms with Crippen LogP contribution in [0.3, 0.4) is 0 Å². The van der Waals surface area contributed by atoms with Crippen LogP contribution < -0.4 is 24.4 Å². The van der Waals surface area contributed by atoms with Crippen LogP contribution >= 0.6 is 11.3 Å². The minimum absolute atomic E-state index is 0.0954. The number of hydrogen-bond donors (Lipinski definition) is 1. The van der Waals surface area contributed by atoms with Crippen LogP contribution in [0.25, 0.3) is 6.08 Å². The number of allylic oxidation sites excluding steroid dienone is 1. The van der Waals surface area contributed by atoms with Crippen molar-refractivity contribution in [3.63, 3.8) is 0 Å². The van der Waals surface area contributed by atoms with Crippen molar-refractivity contribution in [1.82, 2.24) is 4.57 Å². The van der Waals surface area contributed by atoms with Gasteiger partial charge in [-0.1, -0.05) is 72.9 Å². The largest absolute Gasteiger partial charge is 0.494 e. The second kappa shape index (κ2) is 11.4. The van der Waals surface area contributed by atoms with Gasteiger partial charge in [0.15, 0.2) is 4.80 Å². The first-order valence-electron chi connectivity index (χ1n) is 13.1. The average molecular weight is 555 g/mol. The predicted molar refractivity (Wildman–Crippen MR) is 155 cm³/mol. The maximum atomic E-state index is 14.0. The van der Waals surface area contributed by atoms with E-state index in [0.29, 0.717) is 46.0 Å². The number of carboxylic acid groups (broad SMARTS) is 1. The second-order valence-corrected chi connectivity index (χ2v) is 10.4. The number of nitrogens with zero attached hydrogens (tertiary/aromatic N) is 2. The van der Waals surface area contributed by atoms with Gasteiger partial charge in [-0.2, -0.15) is 0 Å². The molecule has 1 aliphatic rings. The smallest absolute Gasteiger partial charge is 0.336 e. The summed E-state index contributed by atoms with van der Waals surface area (Å²) in [6.07, 6.45) is 2.16. The van der Waals surface area contributed by atoms with Crippen LogP contribution in [-0.4, -0.2) is 22.2 Å². The molecular formula is C32H30N2O5S. The van der Waals surface area contributed by atoms with Crippen LogP contribution in [0.1, 0.15) is 43.9 Å². The lowest BCUT2D eigenvalue weighted by Crippen LogP contribution is -2.52. The van der Waals surface area contributed by atoms with Crippen LogP contribution in [0, 0.1) is 0 Å². The van der Waals surface area contributed by atoms with E-state index >= 15 is 0 Å². The van der Waals surface area contributed by atoms with Crippen LogP contribution in [0.5, 0.6) is 11.5 Å². The molecule has 0 spiro atoms. The molecule has 0 saturated heterocycles. The summed E-state index contributed by atoms with van der Waals surface area (Å²) in [5.41, 5.74) is 1.58. The monoisotopic (exact) mass is 554 g/mol. The fourth-order valence-electron chi connectivity index (χ4n) is 5.19. The van der Waals surface area contributed by atoms with E-state index in [2.05, 4.69) is 4.99 Å². The van der Waals surface area contributed by atoms with E-state index in [1.165, 1.54) is 11.3 Å². The Morgan fingerprint density at radius 2 is 1.62 bits per heavy atom. The zero-order valence-corrected chi connectivity index (χ0v) is 23.4. The minimum atomic E-state index is -1.22. The molecule has 1 aromatic heterocycles. The standard InChI is InChI=1S/C32H30N2O5S/c1-4-32(24-13-17-25(18-14-24)38-5-2)28(30(36)37)21(3)33-31-34(32)29(35)27(40-31)19-22-11-15-26(16-12-22)39-20-23-9-7-6-8-10-23/h6-19H,4-5,20H2,1-3H3,(H,36,37). The van der Waals surface area contributed by atoms with Gasteiger partial charge < -0.3 is 14.6 Å². The molecule has 4 aromatic rings. The van der Waals surface area contributed by atoms with Gasteiger partial charge in [-0.25, -0.2) is 9.79 Å². The number of aliphatic carboxylic acids is 1. The van der Waals surface area contributed by atoms with E-state index in [1.807, 2.05) is 98.8 Å². The van der Waals surface area contributed by atoms with Crippen molar-refractivity contribution >= 4 is 23.4 Å². The van der Waals surface area contributed by atoms with Crippen molar-refractivity contribution in [2.24, 2.45) is 4.99 Å². The van der Waals surface area contributed by atoms with Crippen molar-refractivity contribution in [1.29, 1.82) is 0 Å². The molecule has 0 saturated carbocycles. The molecule has 1 N–H and O–H groups in total. The zero-order valence-electron chi connectivity index (χ0n) is 22.6. The van der Waals surface area contributed by atoms with Gasteiger partial charge in [0.2, 0.25) is 0 Å². The summed E-state index contributed by atoms with van der Waals surface area (Å²) in [6, 6.07) is 24.7. The van der Waals surface area contributed by atoms with E-state index in [4.69, 9.17) is 9.47 Å². The van der Waals surface area contributed by atoms with Crippen molar-refractivity contribution in [3.05, 3.63) is 127 Å². The minimum Gasteiger partial charge on any atom is -0.494 e. The molecule has 204 valence electrons. The summed E-state index contributed by atoms with van der Waals surface area (Å²) < 4.78 is 13.5. The van der Waals surface area contributed by atoms with Gasteiger partial charge in [-0.05, 0) is 67.3 Å². The van der Waals surface area contributed by atoms with Gasteiger partial charge in [0.1, 0.15) is 23.6 Å². The van der Waals surface area contributed by atoms with Gasteiger partial charge in [-0.3, -0.25) is 9.36 Å². The van der Waals surface area contributed by atoms with Crippen molar-refractivity contribution in [2.45, 2.75) is 39.3 Å². The first-order valence-corrected chi connectivity index (χ1v) is 14.0. The number of aromatic nitrogens is 1. The fraction of sp³-hybridized carbons (Fsp3) is 0.219. The molecule has 1 unspecified atom stereocenters. The maximum absolute atomic E-state index is 14.0. The molecule has 5 rings (SSSR count). The SMILES string of the molecule is CCOc1ccc(C2(CC)C(C(=O)O)=C(C)N=c3sc(=Cc4ccc(OCc5ccccc5)cc4)c(=O)n32)cc1. The predicted octanol–water partition coefficient (Wildman–Crippen LogP) is 4.86. The summed E-state index contributed by atoms with van der Waals surface area (Å²) in [4.78, 5) is 31.6. The van der Waals surface area contributed by atoms with E-state index in [0.717, 1.165) is 16.9 Å². The Kier molecular flexibility index (Phi) is 7.71. The summed E-state index contributed by atoms with van der Waals surface area (Å²) >= 11 is 1.25. The molecule has 0 amide bonds. The van der Waals surface area contributed by atoms with Gasteiger partial charge in [0.25, 0.3) is 5.56 Å². The van der Waals surface area contributed by atoms with Crippen molar-refractivity contribution in [3.8, 4) is 11.5 Å². The summed E-state index contributed by atoms with van der Waals surface area (Å²) in [7, 11) is 0. The molecule has 1 aliphatic heterocycles. The van der Waals surface area contributed by atoms with Gasteiger partial charge in [0.05, 0.1) is 22.4 Å². The lowest BCUT2D eigenvalue weighted by Gasteiger charge is -2.37. The third-order valence-corrected chi connectivity index (χ3v) is 7.99. The summed E-state index contributed by atoms with van der Waals surface area (Å²) in [5, 5.41) is 10.3. The molecule has 0 fully saturated rings. The molecular weight excluding hydrogens is 524 g/mol. The lowest BCUT2D eigenvalue weighted by atomic mass is 9.78. The number of ether oxygens (including phenoxy) is 2. The highest BCUT2D eigenvalue weighted by molar-refractivity contribution is 7.07. The average Bonchev–Trinajstić information content (AvgIpc) is 3.27. The molecule has 1 atom stereocenters. The number of rotatable bonds is 9. The third-order valence-electron chi connectivity index (χ3n) is 7.02. The Morgan fingerprint density at radius 1 is 0.975 bits per heavy atom. The topological polar surface area (TPSA) is 90.1 Å². The van der Waals surface area contributed by atoms with Crippen LogP contribution in [0.4, 0.5) is 0 Å². The number of hydrogen-bond acceptors (Lipinski definition) is 6. The van der Waals surface area contributed by atoms with Crippen LogP contribution in [0.15, 0.2) is 99.9 Å². The number of carbonyl (C=O) groups is 1. The van der Waals surface area contributed by atoms with Crippen molar-refractivity contribution < 1.29 is 19.4 Å². The highest BCUT2D eigenvalue weighted by Crippen LogP contribution is 2.40. The fourth-order valence-corrected chi connectivity index (χ4v) is 6.27. The molecule has 7 nitrogen and oxygen atoms in total. The highest BCUT2D eigenvalue weighted by Gasteiger charge is 2.45. The van der Waals surface area contributed by atoms with Gasteiger partial charge in [0, 0.05) is 0 Å². The quantitative estimate of drug-likeness (QED) is 0.319. The maximum Gasteiger partial charge on any atom is 0.336 e. The molecule has 2 heterocycles. The Bertz CT molecular complexity index is 1740. The first kappa shape index (κ1) is 27.1. The molecule has 8 heteroatoms. The Hall–Kier alpha value is -4.43.